The van der Waals surface area contributed by atoms with E-state index in [1.165, 1.54) is 19.3 Å². The van der Waals surface area contributed by atoms with E-state index < -0.39 is 5.92 Å². The number of hydrogen-bond donors (Lipinski definition) is 2. The molecule has 3 heterocycles. The molecule has 4 rings (SSSR count). The molecule has 1 saturated carbocycles. The first-order valence-corrected chi connectivity index (χ1v) is 12.2. The number of ether oxygens (including phenoxy) is 1. The molecule has 1 atom stereocenters. The quantitative estimate of drug-likeness (QED) is 0.248. The van der Waals surface area contributed by atoms with E-state index in [1.807, 2.05) is 24.3 Å². The number of nitrogens with zero attached hydrogens (tertiary/aromatic N) is 3. The predicted molar refractivity (Wildman–Crippen MR) is 136 cm³/mol. The first-order valence-electron chi connectivity index (χ1n) is 12.2. The highest BCUT2D eigenvalue weighted by Gasteiger charge is 2.26. The first-order chi connectivity index (χ1) is 17.1. The Morgan fingerprint density at radius 1 is 1.29 bits per heavy atom. The Morgan fingerprint density at radius 3 is 2.69 bits per heavy atom. The lowest BCUT2D eigenvalue weighted by Crippen LogP contribution is -2.26. The Hall–Kier alpha value is -3.52. The molecule has 0 saturated heterocycles. The minimum absolute atomic E-state index is 0.132. The number of carbonyl (C=O) groups excluding carboxylic acids is 2. The van der Waals surface area contributed by atoms with E-state index in [9.17, 15) is 9.59 Å². The molecule has 8 heteroatoms. The minimum Gasteiger partial charge on any atom is -0.465 e. The molecule has 186 valence electrons. The lowest BCUT2D eigenvalue weighted by molar-refractivity contribution is -0.145. The van der Waals surface area contributed by atoms with Crippen molar-refractivity contribution in [1.29, 1.82) is 0 Å². The summed E-state index contributed by atoms with van der Waals surface area (Å²) in [6.45, 7) is 6.69. The van der Waals surface area contributed by atoms with Crippen LogP contribution in [0.25, 0.3) is 5.65 Å². The van der Waals surface area contributed by atoms with Crippen molar-refractivity contribution in [2.24, 2.45) is 11.7 Å². The van der Waals surface area contributed by atoms with E-state index >= 15 is 0 Å². The van der Waals surface area contributed by atoms with Crippen LogP contribution in [0.2, 0.25) is 0 Å². The first kappa shape index (κ1) is 26.1. The van der Waals surface area contributed by atoms with Crippen molar-refractivity contribution in [1.82, 2.24) is 19.7 Å². The molecule has 1 aliphatic rings. The summed E-state index contributed by atoms with van der Waals surface area (Å²) in [6.07, 6.45) is 12.1. The molecule has 35 heavy (non-hydrogen) atoms. The fourth-order valence-electron chi connectivity index (χ4n) is 3.78. The molecule has 0 aliphatic heterocycles. The van der Waals surface area contributed by atoms with Gasteiger partial charge in [0.05, 0.1) is 12.3 Å². The van der Waals surface area contributed by atoms with E-state index in [-0.39, 0.29) is 11.9 Å². The molecular formula is C27H35N5O3. The zero-order valence-corrected chi connectivity index (χ0v) is 20.4. The van der Waals surface area contributed by atoms with Gasteiger partial charge in [0.2, 0.25) is 0 Å². The van der Waals surface area contributed by atoms with Crippen LogP contribution in [0.4, 0.5) is 0 Å². The summed E-state index contributed by atoms with van der Waals surface area (Å²) in [4.78, 5) is 34.2. The second-order valence-electron chi connectivity index (χ2n) is 8.54. The van der Waals surface area contributed by atoms with E-state index in [0.717, 1.165) is 17.9 Å². The van der Waals surface area contributed by atoms with Gasteiger partial charge in [0, 0.05) is 31.7 Å². The summed E-state index contributed by atoms with van der Waals surface area (Å²) in [5, 5.41) is 3.01. The van der Waals surface area contributed by atoms with Crippen LogP contribution >= 0.6 is 0 Å². The van der Waals surface area contributed by atoms with Crippen LogP contribution in [0, 0.1) is 5.92 Å². The number of amides is 1. The maximum atomic E-state index is 12.8. The monoisotopic (exact) mass is 477 g/mol. The van der Waals surface area contributed by atoms with E-state index in [4.69, 9.17) is 10.5 Å². The third-order valence-electron chi connectivity index (χ3n) is 5.80. The van der Waals surface area contributed by atoms with Crippen LogP contribution in [0.1, 0.15) is 60.3 Å². The predicted octanol–water partition coefficient (Wildman–Crippen LogP) is 3.67. The Kier molecular flexibility index (Phi) is 9.98. The Bertz CT molecular complexity index is 1110. The van der Waals surface area contributed by atoms with Gasteiger partial charge in [-0.1, -0.05) is 25.0 Å². The van der Waals surface area contributed by atoms with Crippen LogP contribution in [0.15, 0.2) is 61.6 Å². The fourth-order valence-corrected chi connectivity index (χ4v) is 3.78. The third kappa shape index (κ3) is 7.75. The Labute approximate surface area is 206 Å². The molecule has 0 radical (unpaired) electrons. The Balaban J connectivity index is 0.000000795. The van der Waals surface area contributed by atoms with Gasteiger partial charge in [-0.05, 0) is 61.9 Å². The maximum absolute atomic E-state index is 12.8. The van der Waals surface area contributed by atoms with Crippen LogP contribution in [0.3, 0.4) is 0 Å². The van der Waals surface area contributed by atoms with Gasteiger partial charge in [-0.2, -0.15) is 0 Å². The van der Waals surface area contributed by atoms with Crippen molar-refractivity contribution in [3.63, 3.8) is 0 Å². The second kappa shape index (κ2) is 13.4. The van der Waals surface area contributed by atoms with E-state index in [1.54, 1.807) is 42.1 Å². The zero-order valence-electron chi connectivity index (χ0n) is 20.4. The summed E-state index contributed by atoms with van der Waals surface area (Å²) in [5.41, 5.74) is 7.61. The molecule has 3 N–H and O–H groups in total. The number of nitrogens with two attached hydrogens (primary N) is 1. The molecule has 0 aromatic carbocycles. The van der Waals surface area contributed by atoms with Gasteiger partial charge in [-0.3, -0.25) is 19.0 Å². The minimum atomic E-state index is -0.559. The van der Waals surface area contributed by atoms with Crippen LogP contribution in [-0.2, 0) is 16.0 Å². The summed E-state index contributed by atoms with van der Waals surface area (Å²) in [5.74, 6) is -0.158. The van der Waals surface area contributed by atoms with Crippen molar-refractivity contribution < 1.29 is 14.3 Å². The average Bonchev–Trinajstić information content (AvgIpc) is 3.61. The third-order valence-corrected chi connectivity index (χ3v) is 5.80. The van der Waals surface area contributed by atoms with Crippen molar-refractivity contribution in [3.8, 4) is 0 Å². The van der Waals surface area contributed by atoms with E-state index in [0.29, 0.717) is 43.2 Å². The fraction of sp³-hybridized carbons (Fsp3) is 0.407. The van der Waals surface area contributed by atoms with Crippen molar-refractivity contribution in [3.05, 3.63) is 78.5 Å². The summed E-state index contributed by atoms with van der Waals surface area (Å²) in [7, 11) is 0. The normalized spacial score (nSPS) is 13.4. The smallest absolute Gasteiger partial charge is 0.315 e. The van der Waals surface area contributed by atoms with Crippen molar-refractivity contribution in [2.45, 2.75) is 44.9 Å². The molecule has 8 nitrogen and oxygen atoms in total. The van der Waals surface area contributed by atoms with Gasteiger partial charge in [-0.15, -0.1) is 6.58 Å². The van der Waals surface area contributed by atoms with E-state index in [2.05, 4.69) is 21.9 Å². The van der Waals surface area contributed by atoms with Crippen LogP contribution < -0.4 is 11.1 Å². The number of fused-ring (bicyclic) bond motifs is 1. The van der Waals surface area contributed by atoms with Gasteiger partial charge in [-0.25, -0.2) is 4.98 Å². The summed E-state index contributed by atoms with van der Waals surface area (Å²) >= 11 is 0. The number of nitrogens with one attached hydrogen (secondary N) is 1. The number of pyridine rings is 2. The zero-order chi connectivity index (χ0) is 25.0. The summed E-state index contributed by atoms with van der Waals surface area (Å²) in [6, 6.07) is 9.18. The largest absolute Gasteiger partial charge is 0.465 e. The number of rotatable bonds is 11. The topological polar surface area (TPSA) is 112 Å². The SMILES string of the molecule is C=CCN.CCOC(=O)C(Cc1ccncc1)c1cn2c(C(=O)NCCCC3CC3)cccc2n1. The highest BCUT2D eigenvalue weighted by molar-refractivity contribution is 5.93. The van der Waals surface area contributed by atoms with Gasteiger partial charge in [0.1, 0.15) is 17.3 Å². The molecular weight excluding hydrogens is 442 g/mol. The standard InChI is InChI=1S/C24H28N4O3.C3H7N/c1-2-31-24(30)19(15-18-10-13-25-14-11-18)20-16-28-21(6-3-7-22(28)27-20)23(29)26-12-4-5-17-8-9-17;1-2-3-4/h3,6-7,10-11,13-14,16-17,19H,2,4-5,8-9,12,15H2,1H3,(H,26,29);2H,1,3-4H2. The molecule has 3 aromatic heterocycles. The van der Waals surface area contributed by atoms with Gasteiger partial charge in [0.15, 0.2) is 0 Å². The molecule has 1 amide bonds. The highest BCUT2D eigenvalue weighted by Crippen LogP contribution is 2.33. The number of hydrogen-bond acceptors (Lipinski definition) is 6. The van der Waals surface area contributed by atoms with Crippen LogP contribution in [0.5, 0.6) is 0 Å². The number of carbonyl (C=O) groups is 2. The highest BCUT2D eigenvalue weighted by atomic mass is 16.5. The number of aromatic nitrogens is 3. The van der Waals surface area contributed by atoms with Gasteiger partial charge in [0.25, 0.3) is 5.91 Å². The lowest BCUT2D eigenvalue weighted by Gasteiger charge is -2.13. The number of imidazole rings is 1. The maximum Gasteiger partial charge on any atom is 0.315 e. The molecule has 0 spiro atoms. The van der Waals surface area contributed by atoms with Gasteiger partial charge >= 0.3 is 5.97 Å². The number of esters is 1. The summed E-state index contributed by atoms with van der Waals surface area (Å²) < 4.78 is 7.07. The average molecular weight is 478 g/mol. The second-order valence-corrected chi connectivity index (χ2v) is 8.54. The van der Waals surface area contributed by atoms with Crippen molar-refractivity contribution in [2.75, 3.05) is 19.7 Å². The van der Waals surface area contributed by atoms with Crippen LogP contribution in [-0.4, -0.2) is 45.9 Å². The lowest BCUT2D eigenvalue weighted by atomic mass is 9.97. The molecule has 1 aliphatic carbocycles. The van der Waals surface area contributed by atoms with Gasteiger partial charge < -0.3 is 15.8 Å². The molecule has 0 bridgehead atoms. The Morgan fingerprint density at radius 2 is 2.03 bits per heavy atom. The van der Waals surface area contributed by atoms with Crippen molar-refractivity contribution >= 4 is 17.5 Å². The molecule has 1 unspecified atom stereocenters. The molecule has 3 aromatic rings. The molecule has 1 fully saturated rings.